The van der Waals surface area contributed by atoms with Crippen LogP contribution in [0.25, 0.3) is 44.4 Å². The van der Waals surface area contributed by atoms with Gasteiger partial charge in [0.25, 0.3) is 0 Å². The van der Waals surface area contributed by atoms with Gasteiger partial charge in [0.2, 0.25) is 6.10 Å². The lowest BCUT2D eigenvalue weighted by molar-refractivity contribution is -0.136. The summed E-state index contributed by atoms with van der Waals surface area (Å²) in [4.78, 5) is 40.8. The normalized spacial score (nSPS) is 16.3. The molecule has 0 radical (unpaired) electrons. The molecule has 216 valence electrons. The van der Waals surface area contributed by atoms with Crippen LogP contribution < -0.4 is 0 Å². The number of carboxylic acid groups (broad SMARTS) is 1. The predicted octanol–water partition coefficient (Wildman–Crippen LogP) is 7.10. The van der Waals surface area contributed by atoms with Gasteiger partial charge in [0.1, 0.15) is 0 Å². The Bertz CT molecular complexity index is 1900. The molecule has 0 aromatic carbocycles. The van der Waals surface area contributed by atoms with Crippen LogP contribution in [0, 0.1) is 13.8 Å². The molecule has 8 bridgehead atoms. The maximum Gasteiger partial charge on any atom is 0.348 e. The first kappa shape index (κ1) is 27.7. The Morgan fingerprint density at radius 3 is 1.83 bits per heavy atom. The molecular formula is C34H36N4O4. The molecule has 3 aromatic heterocycles. The molecule has 1 fully saturated rings. The number of cyclic esters (lactones) is 1. The number of hydrogen-bond donors (Lipinski definition) is 3. The summed E-state index contributed by atoms with van der Waals surface area (Å²) in [7, 11) is 0. The second kappa shape index (κ2) is 10.4. The molecule has 3 aromatic rings. The van der Waals surface area contributed by atoms with Crippen molar-refractivity contribution in [3.63, 3.8) is 0 Å². The fourth-order valence-electron chi connectivity index (χ4n) is 6.35. The monoisotopic (exact) mass is 564 g/mol. The van der Waals surface area contributed by atoms with Crippen molar-refractivity contribution in [2.45, 2.75) is 79.8 Å². The molecule has 3 aliphatic rings. The third-order valence-corrected chi connectivity index (χ3v) is 8.95. The minimum atomic E-state index is -0.852. The molecule has 3 N–H and O–H groups in total. The molecule has 0 unspecified atom stereocenters. The Morgan fingerprint density at radius 2 is 1.29 bits per heavy atom. The summed E-state index contributed by atoms with van der Waals surface area (Å²) in [5, 5.41) is 9.48. The van der Waals surface area contributed by atoms with Crippen molar-refractivity contribution in [3.8, 4) is 0 Å². The van der Waals surface area contributed by atoms with Gasteiger partial charge in [-0.3, -0.25) is 4.79 Å². The van der Waals surface area contributed by atoms with E-state index in [0.29, 0.717) is 18.5 Å². The third kappa shape index (κ3) is 4.74. The zero-order chi connectivity index (χ0) is 29.9. The van der Waals surface area contributed by atoms with Gasteiger partial charge in [-0.2, -0.15) is 0 Å². The van der Waals surface area contributed by atoms with Crippen LogP contribution in [-0.4, -0.2) is 43.1 Å². The second-order valence-electron chi connectivity index (χ2n) is 11.4. The van der Waals surface area contributed by atoms with Gasteiger partial charge < -0.3 is 19.8 Å². The van der Waals surface area contributed by atoms with Crippen LogP contribution in [0.15, 0.2) is 24.3 Å². The fourth-order valence-corrected chi connectivity index (χ4v) is 6.35. The third-order valence-electron chi connectivity index (χ3n) is 8.95. The van der Waals surface area contributed by atoms with Gasteiger partial charge in [-0.1, -0.05) is 13.8 Å². The first-order chi connectivity index (χ1) is 20.1. The van der Waals surface area contributed by atoms with E-state index in [4.69, 9.17) is 14.7 Å². The van der Waals surface area contributed by atoms with Gasteiger partial charge in [0.15, 0.2) is 0 Å². The van der Waals surface area contributed by atoms with Crippen molar-refractivity contribution in [2.24, 2.45) is 0 Å². The number of nitrogens with one attached hydrogen (secondary N) is 2. The molecule has 8 heteroatoms. The number of aromatic nitrogens is 4. The first-order valence-corrected chi connectivity index (χ1v) is 14.7. The molecule has 6 rings (SSSR count). The minimum absolute atomic E-state index is 0.00544. The standard InChI is InChI=1S/C34H36N4O4/c1-7-20-16(3)24-12-25-19(6)23(11-32-34(41)42-32)31(38-25)15-30-22(9-10-33(39)40)18(5)27(37-30)14-29-21(8-2)17(4)26(36-29)13-28(20)35-24/h12-15,32,35-36H,7-11H2,1-6H3,(H,39,40)/t32-/m0/s1. The summed E-state index contributed by atoms with van der Waals surface area (Å²) in [6, 6.07) is 8.31. The molecule has 6 heterocycles. The number of carbonyl (C=O) groups is 2. The Balaban J connectivity index is 1.72. The highest BCUT2D eigenvalue weighted by Crippen LogP contribution is 2.39. The number of hydrogen-bond acceptors (Lipinski definition) is 5. The zero-order valence-electron chi connectivity index (χ0n) is 25.0. The van der Waals surface area contributed by atoms with Gasteiger partial charge in [0, 0.05) is 34.9 Å². The van der Waals surface area contributed by atoms with E-state index >= 15 is 0 Å². The number of carbonyl (C=O) groups excluding carboxylic acids is 1. The predicted molar refractivity (Wildman–Crippen MR) is 166 cm³/mol. The number of aryl methyl sites for hydroxylation is 4. The number of allylic oxidation sites excluding steroid dienone is 3. The number of carboxylic acids is 1. The first-order valence-electron chi connectivity index (χ1n) is 14.7. The van der Waals surface area contributed by atoms with Crippen LogP contribution in [0.1, 0.15) is 92.0 Å². The maximum absolute atomic E-state index is 11.8. The van der Waals surface area contributed by atoms with E-state index in [0.717, 1.165) is 74.3 Å². The lowest BCUT2D eigenvalue weighted by atomic mass is 9.98. The highest BCUT2D eigenvalue weighted by Gasteiger charge is 2.40. The van der Waals surface area contributed by atoms with Crippen molar-refractivity contribution < 1.29 is 19.4 Å². The summed E-state index contributed by atoms with van der Waals surface area (Å²) in [5.41, 5.74) is 15.9. The van der Waals surface area contributed by atoms with Crippen LogP contribution >= 0.6 is 0 Å². The summed E-state index contributed by atoms with van der Waals surface area (Å²) in [5.74, 6) is -1.05. The summed E-state index contributed by atoms with van der Waals surface area (Å²) < 4.78 is 5.18. The lowest BCUT2D eigenvalue weighted by Gasteiger charge is -2.04. The molecule has 8 nitrogen and oxygen atoms in total. The molecule has 1 atom stereocenters. The number of aliphatic carboxylic acids is 1. The SMILES string of the molecule is CCc1c(C)c2cc3[nH]c(cc4nc(cc5nc(cc1[nH]2)C(C)=C5CCC(=O)O)C(C[C@@H]1OC1=O)=C4C)c(C)c3CC. The van der Waals surface area contributed by atoms with E-state index in [1.54, 1.807) is 0 Å². The average Bonchev–Trinajstić information content (AvgIpc) is 3.13. The second-order valence-corrected chi connectivity index (χ2v) is 11.4. The molecule has 3 aliphatic heterocycles. The van der Waals surface area contributed by atoms with Crippen molar-refractivity contribution in [1.29, 1.82) is 0 Å². The number of rotatable bonds is 7. The Kier molecular flexibility index (Phi) is 6.87. The van der Waals surface area contributed by atoms with Crippen LogP contribution in [-0.2, 0) is 27.2 Å². The van der Waals surface area contributed by atoms with Crippen LogP contribution in [0.3, 0.4) is 0 Å². The van der Waals surface area contributed by atoms with Crippen LogP contribution in [0.4, 0.5) is 0 Å². The van der Waals surface area contributed by atoms with E-state index in [1.807, 2.05) is 19.9 Å². The van der Waals surface area contributed by atoms with E-state index in [1.165, 1.54) is 22.3 Å². The molecule has 0 saturated carbocycles. The summed E-state index contributed by atoms with van der Waals surface area (Å²) in [6.07, 6.45) is 2.10. The van der Waals surface area contributed by atoms with Crippen molar-refractivity contribution in [2.75, 3.05) is 0 Å². The quantitative estimate of drug-likeness (QED) is 0.263. The lowest BCUT2D eigenvalue weighted by Crippen LogP contribution is -1.96. The number of nitrogens with zero attached hydrogens (tertiary/aromatic N) is 2. The highest BCUT2D eigenvalue weighted by atomic mass is 16.6. The van der Waals surface area contributed by atoms with Gasteiger partial charge in [-0.15, -0.1) is 0 Å². The molecule has 0 aliphatic carbocycles. The number of ether oxygens (including phenoxy) is 1. The topological polar surface area (TPSA) is 124 Å². The Labute approximate surface area is 244 Å². The van der Waals surface area contributed by atoms with Gasteiger partial charge in [0.05, 0.1) is 22.8 Å². The number of epoxide rings is 1. The van der Waals surface area contributed by atoms with Crippen molar-refractivity contribution >= 4 is 56.3 Å². The molecule has 42 heavy (non-hydrogen) atoms. The van der Waals surface area contributed by atoms with E-state index in [9.17, 15) is 14.7 Å². The molecular weight excluding hydrogens is 528 g/mol. The maximum atomic E-state index is 11.8. The fraction of sp³-hybridized carbons (Fsp3) is 0.353. The van der Waals surface area contributed by atoms with Gasteiger partial charge in [-0.25, -0.2) is 14.8 Å². The van der Waals surface area contributed by atoms with Crippen LogP contribution in [0.2, 0.25) is 0 Å². The van der Waals surface area contributed by atoms with Crippen molar-refractivity contribution in [1.82, 2.24) is 19.9 Å². The largest absolute Gasteiger partial charge is 0.481 e. The van der Waals surface area contributed by atoms with E-state index < -0.39 is 12.1 Å². The van der Waals surface area contributed by atoms with Crippen LogP contribution in [0.5, 0.6) is 0 Å². The summed E-state index contributed by atoms with van der Waals surface area (Å²) >= 11 is 0. The van der Waals surface area contributed by atoms with Gasteiger partial charge in [-0.05, 0) is 116 Å². The molecule has 0 spiro atoms. The molecule has 0 amide bonds. The van der Waals surface area contributed by atoms with E-state index in [2.05, 4.69) is 55.9 Å². The molecule has 1 saturated heterocycles. The highest BCUT2D eigenvalue weighted by molar-refractivity contribution is 5.98. The Morgan fingerprint density at radius 1 is 0.786 bits per heavy atom. The number of H-pyrrole nitrogens is 2. The summed E-state index contributed by atoms with van der Waals surface area (Å²) in [6.45, 7) is 12.7. The average molecular weight is 565 g/mol. The smallest absolute Gasteiger partial charge is 0.348 e. The number of aromatic amines is 2. The number of fused-ring (bicyclic) bond motifs is 8. The van der Waals surface area contributed by atoms with E-state index in [-0.39, 0.29) is 12.4 Å². The van der Waals surface area contributed by atoms with Crippen molar-refractivity contribution in [3.05, 3.63) is 69.3 Å². The van der Waals surface area contributed by atoms with Gasteiger partial charge >= 0.3 is 11.9 Å². The minimum Gasteiger partial charge on any atom is -0.481 e. The Hall–Kier alpha value is -4.46. The zero-order valence-corrected chi connectivity index (χ0v) is 25.0.